The zero-order valence-electron chi connectivity index (χ0n) is 14.0. The smallest absolute Gasteiger partial charge is 0.259 e. The molecule has 6 nitrogen and oxygen atoms in total. The number of ether oxygens (including phenoxy) is 1. The largest absolute Gasteiger partial charge is 0.507 e. The number of halogens is 1. The minimum atomic E-state index is -1.05. The molecule has 0 bridgehead atoms. The molecule has 1 aromatic rings. The fourth-order valence-corrected chi connectivity index (χ4v) is 2.92. The number of benzene rings is 1. The molecular formula is C17H21ClO6. The monoisotopic (exact) mass is 356 g/mol. The SMILES string of the molecule is CC(C)CC(=O)c1c(O)c2c(c(C(=O)Cl)c1O)OC(C)(C)C(O)C2. The zero-order chi connectivity index (χ0) is 18.4. The van der Waals surface area contributed by atoms with E-state index in [-0.39, 0.29) is 41.2 Å². The number of rotatable bonds is 4. The van der Waals surface area contributed by atoms with Crippen molar-refractivity contribution in [3.8, 4) is 17.2 Å². The van der Waals surface area contributed by atoms with Crippen molar-refractivity contribution in [2.24, 2.45) is 5.92 Å². The summed E-state index contributed by atoms with van der Waals surface area (Å²) in [5.41, 5.74) is -1.68. The van der Waals surface area contributed by atoms with Gasteiger partial charge in [-0.05, 0) is 31.4 Å². The van der Waals surface area contributed by atoms with Gasteiger partial charge in [0.1, 0.15) is 34.0 Å². The average Bonchev–Trinajstić information content (AvgIpc) is 2.39. The number of carbonyl (C=O) groups is 2. The number of carbonyl (C=O) groups excluding carboxylic acids is 2. The molecule has 7 heteroatoms. The first kappa shape index (κ1) is 18.5. The molecule has 2 rings (SSSR count). The van der Waals surface area contributed by atoms with E-state index >= 15 is 0 Å². The van der Waals surface area contributed by atoms with Gasteiger partial charge in [0.15, 0.2) is 5.78 Å². The average molecular weight is 357 g/mol. The standard InChI is InChI=1S/C17H21ClO6/c1-7(2)5-9(19)11-13(21)8-6-10(20)17(3,4)24-15(8)12(14(11)22)16(18)23/h7,10,20-22H,5-6H2,1-4H3. The van der Waals surface area contributed by atoms with Crippen LogP contribution in [0.1, 0.15) is 60.4 Å². The molecule has 0 aliphatic carbocycles. The van der Waals surface area contributed by atoms with E-state index in [1.807, 2.05) is 13.8 Å². The van der Waals surface area contributed by atoms with Crippen LogP contribution in [0.4, 0.5) is 0 Å². The normalized spacial score (nSPS) is 18.9. The fourth-order valence-electron chi connectivity index (χ4n) is 2.75. The number of phenolic OH excluding ortho intramolecular Hbond substituents is 2. The van der Waals surface area contributed by atoms with E-state index in [2.05, 4.69) is 0 Å². The summed E-state index contributed by atoms with van der Waals surface area (Å²) >= 11 is 5.58. The van der Waals surface area contributed by atoms with Gasteiger partial charge in [-0.2, -0.15) is 0 Å². The quantitative estimate of drug-likeness (QED) is 0.566. The number of aliphatic hydroxyl groups is 1. The molecule has 1 heterocycles. The summed E-state index contributed by atoms with van der Waals surface area (Å²) in [7, 11) is 0. The molecule has 1 unspecified atom stereocenters. The molecule has 0 radical (unpaired) electrons. The fraction of sp³-hybridized carbons (Fsp3) is 0.529. The summed E-state index contributed by atoms with van der Waals surface area (Å²) in [5, 5.41) is 30.0. The van der Waals surface area contributed by atoms with Crippen LogP contribution in [-0.2, 0) is 6.42 Å². The van der Waals surface area contributed by atoms with Crippen LogP contribution in [0.2, 0.25) is 0 Å². The Labute approximate surface area is 145 Å². The third-order valence-electron chi connectivity index (χ3n) is 4.13. The molecule has 3 N–H and O–H groups in total. The Bertz CT molecular complexity index is 708. The second-order valence-electron chi connectivity index (χ2n) is 6.98. The number of hydrogen-bond acceptors (Lipinski definition) is 6. The number of aromatic hydroxyl groups is 2. The molecule has 0 fully saturated rings. The second-order valence-corrected chi connectivity index (χ2v) is 7.32. The molecule has 0 saturated heterocycles. The van der Waals surface area contributed by atoms with Crippen molar-refractivity contribution in [2.45, 2.75) is 52.2 Å². The molecule has 0 spiro atoms. The summed E-state index contributed by atoms with van der Waals surface area (Å²) in [6, 6.07) is 0. The summed E-state index contributed by atoms with van der Waals surface area (Å²) in [6.07, 6.45) is -0.926. The van der Waals surface area contributed by atoms with Crippen LogP contribution < -0.4 is 4.74 Å². The van der Waals surface area contributed by atoms with Crippen molar-refractivity contribution in [3.63, 3.8) is 0 Å². The Hall–Kier alpha value is -1.79. The van der Waals surface area contributed by atoms with E-state index in [9.17, 15) is 24.9 Å². The first-order chi connectivity index (χ1) is 11.0. The molecule has 1 aromatic carbocycles. The number of ketones is 1. The molecule has 0 saturated carbocycles. The Morgan fingerprint density at radius 2 is 1.83 bits per heavy atom. The van der Waals surface area contributed by atoms with E-state index in [0.717, 1.165) is 0 Å². The summed E-state index contributed by atoms with van der Waals surface area (Å²) < 4.78 is 5.61. The van der Waals surface area contributed by atoms with E-state index in [0.29, 0.717) is 0 Å². The molecule has 1 atom stereocenters. The number of hydrogen-bond donors (Lipinski definition) is 3. The van der Waals surface area contributed by atoms with Crippen molar-refractivity contribution in [1.82, 2.24) is 0 Å². The molecule has 24 heavy (non-hydrogen) atoms. The van der Waals surface area contributed by atoms with E-state index in [4.69, 9.17) is 16.3 Å². The molecule has 0 aromatic heterocycles. The lowest BCUT2D eigenvalue weighted by atomic mass is 9.86. The highest BCUT2D eigenvalue weighted by Gasteiger charge is 2.42. The number of fused-ring (bicyclic) bond motifs is 1. The van der Waals surface area contributed by atoms with Gasteiger partial charge < -0.3 is 20.1 Å². The van der Waals surface area contributed by atoms with Gasteiger partial charge in [-0.25, -0.2) is 0 Å². The maximum Gasteiger partial charge on any atom is 0.259 e. The Kier molecular flexibility index (Phi) is 4.84. The van der Waals surface area contributed by atoms with Crippen molar-refractivity contribution in [1.29, 1.82) is 0 Å². The highest BCUT2D eigenvalue weighted by molar-refractivity contribution is 6.68. The van der Waals surface area contributed by atoms with E-state index in [1.54, 1.807) is 13.8 Å². The Morgan fingerprint density at radius 3 is 2.33 bits per heavy atom. The van der Waals surface area contributed by atoms with Gasteiger partial charge in [0.05, 0.1) is 6.10 Å². The van der Waals surface area contributed by atoms with Crippen molar-refractivity contribution in [3.05, 3.63) is 16.7 Å². The minimum Gasteiger partial charge on any atom is -0.507 e. The third-order valence-corrected chi connectivity index (χ3v) is 4.32. The number of aliphatic hydroxyl groups excluding tert-OH is 1. The van der Waals surface area contributed by atoms with Gasteiger partial charge in [0, 0.05) is 18.4 Å². The van der Waals surface area contributed by atoms with Crippen LogP contribution in [0.5, 0.6) is 17.2 Å². The highest BCUT2D eigenvalue weighted by Crippen LogP contribution is 2.48. The number of Topliss-reactive ketones (excluding diaryl/α,β-unsaturated/α-hetero) is 1. The zero-order valence-corrected chi connectivity index (χ0v) is 14.8. The molecule has 0 amide bonds. The lowest BCUT2D eigenvalue weighted by molar-refractivity contribution is -0.0421. The van der Waals surface area contributed by atoms with Crippen LogP contribution >= 0.6 is 11.6 Å². The lowest BCUT2D eigenvalue weighted by Gasteiger charge is -2.38. The summed E-state index contributed by atoms with van der Waals surface area (Å²) in [4.78, 5) is 24.2. The molecule has 1 aliphatic heterocycles. The van der Waals surface area contributed by atoms with Crippen LogP contribution in [0.25, 0.3) is 0 Å². The predicted molar refractivity (Wildman–Crippen MR) is 88.2 cm³/mol. The molecular weight excluding hydrogens is 336 g/mol. The Balaban J connectivity index is 2.75. The maximum atomic E-state index is 12.4. The van der Waals surface area contributed by atoms with E-state index < -0.39 is 34.2 Å². The van der Waals surface area contributed by atoms with Gasteiger partial charge in [0.25, 0.3) is 5.24 Å². The lowest BCUT2D eigenvalue weighted by Crippen LogP contribution is -2.46. The second kappa shape index (κ2) is 6.26. The third kappa shape index (κ3) is 3.08. The van der Waals surface area contributed by atoms with Crippen molar-refractivity contribution < 1.29 is 29.6 Å². The molecule has 132 valence electrons. The van der Waals surface area contributed by atoms with Crippen LogP contribution in [-0.4, -0.2) is 38.1 Å². The van der Waals surface area contributed by atoms with Gasteiger partial charge in [-0.3, -0.25) is 9.59 Å². The first-order valence-electron chi connectivity index (χ1n) is 7.68. The first-order valence-corrected chi connectivity index (χ1v) is 8.06. The Morgan fingerprint density at radius 1 is 1.25 bits per heavy atom. The van der Waals surface area contributed by atoms with Gasteiger partial charge in [0.2, 0.25) is 0 Å². The topological polar surface area (TPSA) is 104 Å². The van der Waals surface area contributed by atoms with Gasteiger partial charge in [-0.15, -0.1) is 0 Å². The van der Waals surface area contributed by atoms with Gasteiger partial charge >= 0.3 is 0 Å². The highest BCUT2D eigenvalue weighted by atomic mass is 35.5. The van der Waals surface area contributed by atoms with Gasteiger partial charge in [-0.1, -0.05) is 13.8 Å². The maximum absolute atomic E-state index is 12.4. The predicted octanol–water partition coefficient (Wildman–Crippen LogP) is 2.78. The van der Waals surface area contributed by atoms with Crippen molar-refractivity contribution in [2.75, 3.05) is 0 Å². The minimum absolute atomic E-state index is 0.0109. The number of phenols is 2. The summed E-state index contributed by atoms with van der Waals surface area (Å²) in [5.74, 6) is -1.79. The molecule has 1 aliphatic rings. The van der Waals surface area contributed by atoms with Crippen molar-refractivity contribution >= 4 is 22.6 Å². The van der Waals surface area contributed by atoms with Crippen LogP contribution in [0, 0.1) is 5.92 Å². The van der Waals surface area contributed by atoms with Crippen LogP contribution in [0.15, 0.2) is 0 Å². The summed E-state index contributed by atoms with van der Waals surface area (Å²) in [6.45, 7) is 6.84. The van der Waals surface area contributed by atoms with E-state index in [1.165, 1.54) is 0 Å². The van der Waals surface area contributed by atoms with Crippen LogP contribution in [0.3, 0.4) is 0 Å².